The second-order valence-electron chi connectivity index (χ2n) is 6.67. The molecule has 0 amide bonds. The number of halogens is 3. The van der Waals surface area contributed by atoms with Crippen molar-refractivity contribution in [3.05, 3.63) is 71.4 Å². The van der Waals surface area contributed by atoms with Crippen LogP contribution in [0, 0.1) is 6.92 Å². The standard InChI is InChI=1S/C20H18F3N5O2/c1-12-9-28(11-24-12)17-8-7-15(26-19(17)29-2)18-25-16(10-30-27-18)13-3-5-14(6-4-13)20(21,22)23/h3-9,11,16H,10H2,1-2H3,(H,25,27). The van der Waals surface area contributed by atoms with Gasteiger partial charge in [-0.15, -0.1) is 0 Å². The van der Waals surface area contributed by atoms with E-state index in [4.69, 9.17) is 9.57 Å². The molecule has 7 nitrogen and oxygen atoms in total. The molecule has 0 spiro atoms. The molecule has 30 heavy (non-hydrogen) atoms. The van der Waals surface area contributed by atoms with Crippen LogP contribution in [0.5, 0.6) is 5.88 Å². The summed E-state index contributed by atoms with van der Waals surface area (Å²) in [6, 6.07) is 7.98. The number of methoxy groups -OCH3 is 1. The van der Waals surface area contributed by atoms with Gasteiger partial charge in [0.05, 0.1) is 24.7 Å². The van der Waals surface area contributed by atoms with E-state index in [0.29, 0.717) is 28.7 Å². The van der Waals surface area contributed by atoms with Crippen molar-refractivity contribution in [2.45, 2.75) is 19.1 Å². The molecule has 1 atom stereocenters. The van der Waals surface area contributed by atoms with E-state index in [1.54, 1.807) is 17.0 Å². The number of nitrogens with one attached hydrogen (secondary N) is 1. The Morgan fingerprint density at radius 3 is 2.57 bits per heavy atom. The van der Waals surface area contributed by atoms with E-state index >= 15 is 0 Å². The van der Waals surface area contributed by atoms with E-state index in [-0.39, 0.29) is 6.61 Å². The molecule has 2 aromatic heterocycles. The molecule has 1 aliphatic rings. The number of hydroxylamine groups is 1. The molecule has 1 N–H and O–H groups in total. The second kappa shape index (κ2) is 7.79. The number of hydrogen-bond acceptors (Lipinski definition) is 6. The molecule has 1 aliphatic heterocycles. The highest BCUT2D eigenvalue weighted by Crippen LogP contribution is 2.31. The Balaban J connectivity index is 1.62. The lowest BCUT2D eigenvalue weighted by Gasteiger charge is -2.22. The van der Waals surface area contributed by atoms with Crippen LogP contribution < -0.4 is 10.2 Å². The Kier molecular flexibility index (Phi) is 5.17. The third kappa shape index (κ3) is 3.99. The van der Waals surface area contributed by atoms with E-state index in [0.717, 1.165) is 17.8 Å². The van der Waals surface area contributed by atoms with Gasteiger partial charge in [-0.1, -0.05) is 12.1 Å². The zero-order valence-corrected chi connectivity index (χ0v) is 16.1. The molecular formula is C20H18F3N5O2. The van der Waals surface area contributed by atoms with E-state index in [2.05, 4.69) is 20.4 Å². The summed E-state index contributed by atoms with van der Waals surface area (Å²) in [5.41, 5.74) is 4.66. The van der Waals surface area contributed by atoms with Crippen LogP contribution in [-0.2, 0) is 11.0 Å². The van der Waals surface area contributed by atoms with Gasteiger partial charge < -0.3 is 9.30 Å². The predicted octanol–water partition coefficient (Wildman–Crippen LogP) is 3.63. The fourth-order valence-electron chi connectivity index (χ4n) is 3.06. The molecule has 1 unspecified atom stereocenters. The summed E-state index contributed by atoms with van der Waals surface area (Å²) in [5, 5.41) is 0. The van der Waals surface area contributed by atoms with Gasteiger partial charge in [-0.25, -0.2) is 15.4 Å². The zero-order valence-electron chi connectivity index (χ0n) is 16.1. The number of benzene rings is 1. The first-order valence-corrected chi connectivity index (χ1v) is 9.04. The van der Waals surface area contributed by atoms with Crippen molar-refractivity contribution in [1.82, 2.24) is 20.0 Å². The number of imidazole rings is 1. The average molecular weight is 417 g/mol. The van der Waals surface area contributed by atoms with Crippen LogP contribution in [0.15, 0.2) is 53.9 Å². The van der Waals surface area contributed by atoms with Gasteiger partial charge in [0.15, 0.2) is 5.84 Å². The molecule has 0 radical (unpaired) electrons. The fourth-order valence-corrected chi connectivity index (χ4v) is 3.06. The number of nitrogens with zero attached hydrogens (tertiary/aromatic N) is 4. The number of rotatable bonds is 4. The van der Waals surface area contributed by atoms with Crippen LogP contribution in [0.1, 0.15) is 28.6 Å². The van der Waals surface area contributed by atoms with Crippen molar-refractivity contribution < 1.29 is 22.7 Å². The Morgan fingerprint density at radius 1 is 1.17 bits per heavy atom. The van der Waals surface area contributed by atoms with Gasteiger partial charge >= 0.3 is 6.18 Å². The van der Waals surface area contributed by atoms with Gasteiger partial charge in [-0.3, -0.25) is 9.83 Å². The van der Waals surface area contributed by atoms with Crippen molar-refractivity contribution in [3.8, 4) is 11.6 Å². The number of aromatic nitrogens is 3. The molecule has 156 valence electrons. The van der Waals surface area contributed by atoms with Crippen molar-refractivity contribution in [2.24, 2.45) is 4.99 Å². The summed E-state index contributed by atoms with van der Waals surface area (Å²) < 4.78 is 45.6. The zero-order chi connectivity index (χ0) is 21.3. The Hall–Kier alpha value is -3.40. The average Bonchev–Trinajstić information content (AvgIpc) is 3.19. The Bertz CT molecular complexity index is 1080. The Labute approximate surface area is 170 Å². The van der Waals surface area contributed by atoms with Crippen LogP contribution in [-0.4, -0.2) is 34.1 Å². The molecule has 4 rings (SSSR count). The minimum atomic E-state index is -4.38. The number of aliphatic imine (C=N–C) groups is 1. The molecule has 1 aromatic carbocycles. The van der Waals surface area contributed by atoms with E-state index in [1.165, 1.54) is 19.2 Å². The van der Waals surface area contributed by atoms with Crippen LogP contribution in [0.25, 0.3) is 5.69 Å². The molecule has 0 fully saturated rings. The highest BCUT2D eigenvalue weighted by molar-refractivity contribution is 5.97. The third-order valence-corrected chi connectivity index (χ3v) is 4.58. The first-order valence-electron chi connectivity index (χ1n) is 9.04. The topological polar surface area (TPSA) is 73.6 Å². The molecule has 0 saturated heterocycles. The number of aryl methyl sites for hydroxylation is 1. The highest BCUT2D eigenvalue weighted by Gasteiger charge is 2.30. The summed E-state index contributed by atoms with van der Waals surface area (Å²) in [6.07, 6.45) is -0.873. The summed E-state index contributed by atoms with van der Waals surface area (Å²) in [7, 11) is 1.51. The minimum Gasteiger partial charge on any atom is -0.479 e. The van der Waals surface area contributed by atoms with Crippen molar-refractivity contribution in [3.63, 3.8) is 0 Å². The highest BCUT2D eigenvalue weighted by atomic mass is 19.4. The van der Waals surface area contributed by atoms with E-state index in [9.17, 15) is 13.2 Å². The van der Waals surface area contributed by atoms with Crippen molar-refractivity contribution in [2.75, 3.05) is 13.7 Å². The summed E-state index contributed by atoms with van der Waals surface area (Å²) in [6.45, 7) is 2.06. The number of amidine groups is 1. The third-order valence-electron chi connectivity index (χ3n) is 4.58. The van der Waals surface area contributed by atoms with Crippen molar-refractivity contribution in [1.29, 1.82) is 0 Å². The van der Waals surface area contributed by atoms with Crippen LogP contribution >= 0.6 is 0 Å². The summed E-state index contributed by atoms with van der Waals surface area (Å²) in [5.74, 6) is 0.726. The maximum absolute atomic E-state index is 12.8. The summed E-state index contributed by atoms with van der Waals surface area (Å²) in [4.78, 5) is 18.6. The van der Waals surface area contributed by atoms with Crippen LogP contribution in [0.4, 0.5) is 13.2 Å². The van der Waals surface area contributed by atoms with Gasteiger partial charge in [0, 0.05) is 6.20 Å². The molecular weight excluding hydrogens is 399 g/mol. The first kappa shape index (κ1) is 19.9. The second-order valence-corrected chi connectivity index (χ2v) is 6.67. The molecule has 0 saturated carbocycles. The van der Waals surface area contributed by atoms with Gasteiger partial charge in [0.1, 0.15) is 24.0 Å². The monoisotopic (exact) mass is 417 g/mol. The Morgan fingerprint density at radius 2 is 1.93 bits per heavy atom. The minimum absolute atomic E-state index is 0.179. The SMILES string of the molecule is COc1nc(C2=NC(c3ccc(C(F)(F)F)cc3)CON2)ccc1-n1cnc(C)c1. The lowest BCUT2D eigenvalue weighted by atomic mass is 10.1. The number of hydrogen-bond donors (Lipinski definition) is 1. The quantitative estimate of drug-likeness (QED) is 0.702. The first-order chi connectivity index (χ1) is 14.3. The molecule has 3 aromatic rings. The number of pyridine rings is 1. The van der Waals surface area contributed by atoms with Crippen molar-refractivity contribution >= 4 is 5.84 Å². The van der Waals surface area contributed by atoms with E-state index < -0.39 is 17.8 Å². The molecule has 0 bridgehead atoms. The maximum Gasteiger partial charge on any atom is 0.416 e. The van der Waals surface area contributed by atoms with E-state index in [1.807, 2.05) is 19.2 Å². The lowest BCUT2D eigenvalue weighted by molar-refractivity contribution is -0.137. The van der Waals surface area contributed by atoms with Crippen LogP contribution in [0.3, 0.4) is 0 Å². The smallest absolute Gasteiger partial charge is 0.416 e. The summed E-state index contributed by atoms with van der Waals surface area (Å²) >= 11 is 0. The van der Waals surface area contributed by atoms with Gasteiger partial charge in [-0.2, -0.15) is 13.2 Å². The van der Waals surface area contributed by atoms with Crippen LogP contribution in [0.2, 0.25) is 0 Å². The molecule has 3 heterocycles. The predicted molar refractivity (Wildman–Crippen MR) is 102 cm³/mol. The molecule has 10 heteroatoms. The number of ether oxygens (including phenoxy) is 1. The van der Waals surface area contributed by atoms with Gasteiger partial charge in [0.2, 0.25) is 5.88 Å². The van der Waals surface area contributed by atoms with Gasteiger partial charge in [-0.05, 0) is 36.8 Å². The normalized spacial score (nSPS) is 16.7. The fraction of sp³-hybridized carbons (Fsp3) is 0.250. The molecule has 0 aliphatic carbocycles. The maximum atomic E-state index is 12.8. The number of alkyl halides is 3. The largest absolute Gasteiger partial charge is 0.479 e. The van der Waals surface area contributed by atoms with Gasteiger partial charge in [0.25, 0.3) is 0 Å². The lowest BCUT2D eigenvalue weighted by Crippen LogP contribution is -2.33.